The molecule has 1 aromatic carbocycles. The molecule has 0 amide bonds. The lowest BCUT2D eigenvalue weighted by molar-refractivity contribution is -0.188. The molecule has 0 saturated carbocycles. The summed E-state index contributed by atoms with van der Waals surface area (Å²) in [4.78, 5) is 1.36. The number of nitrogens with zero attached hydrogens (tertiary/aromatic N) is 1. The van der Waals surface area contributed by atoms with Gasteiger partial charge < -0.3 is 5.32 Å². The number of rotatable bonds is 2. The van der Waals surface area contributed by atoms with Crippen molar-refractivity contribution in [1.82, 2.24) is 10.2 Å². The quantitative estimate of drug-likeness (QED) is 0.835. The molecule has 1 atom stereocenters. The molecule has 6 heteroatoms. The Balaban J connectivity index is 2.40. The Kier molecular flexibility index (Phi) is 4.10. The van der Waals surface area contributed by atoms with E-state index in [-0.39, 0.29) is 11.1 Å². The third-order valence-corrected chi connectivity index (χ3v) is 3.43. The van der Waals surface area contributed by atoms with Crippen LogP contribution in [0.25, 0.3) is 0 Å². The molecule has 0 bridgehead atoms. The fourth-order valence-electron chi connectivity index (χ4n) is 2.44. The molecular weight excluding hydrogens is 260 g/mol. The van der Waals surface area contributed by atoms with E-state index >= 15 is 0 Å². The van der Waals surface area contributed by atoms with Crippen LogP contribution < -0.4 is 5.32 Å². The zero-order chi connectivity index (χ0) is 14.0. The Morgan fingerprint density at radius 1 is 1.21 bits per heavy atom. The van der Waals surface area contributed by atoms with Gasteiger partial charge in [0.15, 0.2) is 0 Å². The van der Waals surface area contributed by atoms with Crippen molar-refractivity contribution in [1.29, 1.82) is 0 Å². The maximum atomic E-state index is 13.5. The van der Waals surface area contributed by atoms with Gasteiger partial charge in [0.25, 0.3) is 0 Å². The topological polar surface area (TPSA) is 15.3 Å². The maximum absolute atomic E-state index is 13.5. The van der Waals surface area contributed by atoms with E-state index < -0.39 is 18.0 Å². The van der Waals surface area contributed by atoms with Gasteiger partial charge in [-0.1, -0.05) is 12.1 Å². The summed E-state index contributed by atoms with van der Waals surface area (Å²) in [5.74, 6) is -0.595. The SMILES string of the molecule is Cc1c(F)cccc1[C@@H](N1CCNCC1)C(F)(F)F. The lowest BCUT2D eigenvalue weighted by Crippen LogP contribution is -2.49. The Bertz CT molecular complexity index is 439. The van der Waals surface area contributed by atoms with Crippen LogP contribution in [0.1, 0.15) is 17.2 Å². The highest BCUT2D eigenvalue weighted by Gasteiger charge is 2.45. The van der Waals surface area contributed by atoms with Crippen LogP contribution >= 0.6 is 0 Å². The van der Waals surface area contributed by atoms with E-state index in [1.54, 1.807) is 0 Å². The zero-order valence-electron chi connectivity index (χ0n) is 10.6. The molecule has 1 aliphatic rings. The van der Waals surface area contributed by atoms with Gasteiger partial charge >= 0.3 is 6.18 Å². The number of nitrogens with one attached hydrogen (secondary N) is 1. The lowest BCUT2D eigenvalue weighted by atomic mass is 9.98. The highest BCUT2D eigenvalue weighted by molar-refractivity contribution is 5.31. The first kappa shape index (κ1) is 14.3. The zero-order valence-corrected chi connectivity index (χ0v) is 10.6. The summed E-state index contributed by atoms with van der Waals surface area (Å²) in [6.45, 7) is 3.04. The minimum absolute atomic E-state index is 0.00870. The number of benzene rings is 1. The molecule has 106 valence electrons. The maximum Gasteiger partial charge on any atom is 0.408 e. The van der Waals surface area contributed by atoms with Gasteiger partial charge in [0.2, 0.25) is 0 Å². The highest BCUT2D eigenvalue weighted by Crippen LogP contribution is 2.39. The molecule has 0 aromatic heterocycles. The Hall–Kier alpha value is -1.14. The normalized spacial score (nSPS) is 19.4. The molecule has 0 aliphatic carbocycles. The van der Waals surface area contributed by atoms with Crippen LogP contribution in [0, 0.1) is 12.7 Å². The van der Waals surface area contributed by atoms with Crippen LogP contribution in [0.2, 0.25) is 0 Å². The molecular formula is C13H16F4N2. The molecule has 1 fully saturated rings. The predicted molar refractivity (Wildman–Crippen MR) is 64.4 cm³/mol. The second-order valence-corrected chi connectivity index (χ2v) is 4.68. The molecule has 0 spiro atoms. The largest absolute Gasteiger partial charge is 0.408 e. The molecule has 1 saturated heterocycles. The third kappa shape index (κ3) is 3.06. The highest BCUT2D eigenvalue weighted by atomic mass is 19.4. The molecule has 1 heterocycles. The summed E-state index contributed by atoms with van der Waals surface area (Å²) in [6.07, 6.45) is -4.41. The van der Waals surface area contributed by atoms with Crippen molar-refractivity contribution in [3.05, 3.63) is 35.1 Å². The van der Waals surface area contributed by atoms with E-state index in [0.717, 1.165) is 0 Å². The minimum Gasteiger partial charge on any atom is -0.314 e. The van der Waals surface area contributed by atoms with Gasteiger partial charge in [0, 0.05) is 26.2 Å². The molecule has 0 radical (unpaired) electrons. The van der Waals surface area contributed by atoms with E-state index in [1.807, 2.05) is 0 Å². The van der Waals surface area contributed by atoms with Crippen LogP contribution in [0.15, 0.2) is 18.2 Å². The van der Waals surface area contributed by atoms with Crippen molar-refractivity contribution in [2.24, 2.45) is 0 Å². The van der Waals surface area contributed by atoms with Crippen molar-refractivity contribution in [3.63, 3.8) is 0 Å². The van der Waals surface area contributed by atoms with Gasteiger partial charge in [-0.2, -0.15) is 13.2 Å². The molecule has 2 nitrogen and oxygen atoms in total. The molecule has 19 heavy (non-hydrogen) atoms. The fourth-order valence-corrected chi connectivity index (χ4v) is 2.44. The monoisotopic (exact) mass is 276 g/mol. The average molecular weight is 276 g/mol. The third-order valence-electron chi connectivity index (χ3n) is 3.43. The number of piperazine rings is 1. The van der Waals surface area contributed by atoms with Gasteiger partial charge in [-0.05, 0) is 24.1 Å². The van der Waals surface area contributed by atoms with Crippen molar-refractivity contribution >= 4 is 0 Å². The van der Waals surface area contributed by atoms with Crippen LogP contribution in [0.4, 0.5) is 17.6 Å². The van der Waals surface area contributed by atoms with Crippen molar-refractivity contribution in [2.45, 2.75) is 19.1 Å². The van der Waals surface area contributed by atoms with Crippen molar-refractivity contribution in [2.75, 3.05) is 26.2 Å². The molecule has 1 N–H and O–H groups in total. The first-order chi connectivity index (χ1) is 8.91. The standard InChI is InChI=1S/C13H16F4N2/c1-9-10(3-2-4-11(9)14)12(13(15,16)17)19-7-5-18-6-8-19/h2-4,12,18H,5-8H2,1H3/t12-/m1/s1. The molecule has 2 rings (SSSR count). The first-order valence-electron chi connectivity index (χ1n) is 6.18. The van der Waals surface area contributed by atoms with Crippen LogP contribution in [-0.2, 0) is 0 Å². The summed E-state index contributed by atoms with van der Waals surface area (Å²) in [6, 6.07) is 2.15. The summed E-state index contributed by atoms with van der Waals surface area (Å²) in [7, 11) is 0. The van der Waals surface area contributed by atoms with E-state index in [2.05, 4.69) is 5.32 Å². The Morgan fingerprint density at radius 2 is 1.84 bits per heavy atom. The summed E-state index contributed by atoms with van der Waals surface area (Å²) in [5, 5.41) is 3.02. The van der Waals surface area contributed by atoms with Crippen LogP contribution in [-0.4, -0.2) is 37.3 Å². The van der Waals surface area contributed by atoms with Crippen LogP contribution in [0.3, 0.4) is 0 Å². The van der Waals surface area contributed by atoms with Crippen molar-refractivity contribution < 1.29 is 17.6 Å². The number of halogens is 4. The summed E-state index contributed by atoms with van der Waals surface area (Å²) >= 11 is 0. The first-order valence-corrected chi connectivity index (χ1v) is 6.18. The van der Waals surface area contributed by atoms with E-state index in [1.165, 1.54) is 30.0 Å². The summed E-state index contributed by atoms with van der Waals surface area (Å²) < 4.78 is 53.4. The molecule has 1 aliphatic heterocycles. The summed E-state index contributed by atoms with van der Waals surface area (Å²) in [5.41, 5.74) is 0.0813. The van der Waals surface area contributed by atoms with Crippen LogP contribution in [0.5, 0.6) is 0 Å². The van der Waals surface area contributed by atoms with E-state index in [0.29, 0.717) is 26.2 Å². The second kappa shape index (κ2) is 5.46. The van der Waals surface area contributed by atoms with Gasteiger partial charge in [0.05, 0.1) is 0 Å². The predicted octanol–water partition coefficient (Wildman–Crippen LogP) is 2.64. The molecule has 0 unspecified atom stereocenters. The second-order valence-electron chi connectivity index (χ2n) is 4.68. The van der Waals surface area contributed by atoms with Gasteiger partial charge in [-0.3, -0.25) is 4.90 Å². The minimum atomic E-state index is -4.41. The van der Waals surface area contributed by atoms with Gasteiger partial charge in [0.1, 0.15) is 11.9 Å². The number of hydrogen-bond acceptors (Lipinski definition) is 2. The average Bonchev–Trinajstić information content (AvgIpc) is 2.35. The van der Waals surface area contributed by atoms with Crippen molar-refractivity contribution in [3.8, 4) is 0 Å². The number of hydrogen-bond donors (Lipinski definition) is 1. The molecule has 1 aromatic rings. The smallest absolute Gasteiger partial charge is 0.314 e. The number of alkyl halides is 3. The van der Waals surface area contributed by atoms with Gasteiger partial charge in [-0.25, -0.2) is 4.39 Å². The lowest BCUT2D eigenvalue weighted by Gasteiger charge is -2.36. The van der Waals surface area contributed by atoms with E-state index in [4.69, 9.17) is 0 Å². The Labute approximate surface area is 109 Å². The van der Waals surface area contributed by atoms with Gasteiger partial charge in [-0.15, -0.1) is 0 Å². The van der Waals surface area contributed by atoms with E-state index in [9.17, 15) is 17.6 Å². The Morgan fingerprint density at radius 3 is 2.42 bits per heavy atom. The fraction of sp³-hybridized carbons (Fsp3) is 0.538.